The number of hydrogen-bond donors (Lipinski definition) is 2. The van der Waals surface area contributed by atoms with Crippen molar-refractivity contribution in [2.24, 2.45) is 0 Å². The van der Waals surface area contributed by atoms with E-state index in [0.29, 0.717) is 5.95 Å². The molecule has 0 radical (unpaired) electrons. The normalized spacial score (nSPS) is 10.5. The maximum Gasteiger partial charge on any atom is 0.223 e. The van der Waals surface area contributed by atoms with E-state index in [2.05, 4.69) is 37.4 Å². The van der Waals surface area contributed by atoms with Crippen molar-refractivity contribution in [1.82, 2.24) is 25.1 Å². The third kappa shape index (κ3) is 3.42. The van der Waals surface area contributed by atoms with Gasteiger partial charge in [-0.05, 0) is 31.2 Å². The summed E-state index contributed by atoms with van der Waals surface area (Å²) >= 11 is 1.44. The number of rotatable bonds is 5. The van der Waals surface area contributed by atoms with Gasteiger partial charge in [-0.1, -0.05) is 6.92 Å². The van der Waals surface area contributed by atoms with Gasteiger partial charge in [0.2, 0.25) is 5.95 Å². The molecular formula is C10H14N6S. The summed E-state index contributed by atoms with van der Waals surface area (Å²) in [6.07, 6.45) is 2.52. The van der Waals surface area contributed by atoms with Gasteiger partial charge >= 0.3 is 0 Å². The van der Waals surface area contributed by atoms with E-state index in [9.17, 15) is 0 Å². The average Bonchev–Trinajstić information content (AvgIpc) is 2.78. The molecule has 2 aromatic heterocycles. The fraction of sp³-hybridized carbons (Fsp3) is 0.400. The molecule has 17 heavy (non-hydrogen) atoms. The van der Waals surface area contributed by atoms with E-state index in [4.69, 9.17) is 0 Å². The molecule has 0 amide bonds. The first-order valence-corrected chi connectivity index (χ1v) is 6.22. The van der Waals surface area contributed by atoms with Gasteiger partial charge in [0.25, 0.3) is 0 Å². The Morgan fingerprint density at radius 3 is 3.00 bits per heavy atom. The van der Waals surface area contributed by atoms with E-state index >= 15 is 0 Å². The Labute approximate surface area is 104 Å². The van der Waals surface area contributed by atoms with Crippen LogP contribution in [0, 0.1) is 6.92 Å². The Bertz CT molecular complexity index is 470. The summed E-state index contributed by atoms with van der Waals surface area (Å²) in [5.41, 5.74) is 0.931. The molecule has 0 saturated heterocycles. The molecule has 0 aliphatic carbocycles. The van der Waals surface area contributed by atoms with E-state index in [1.165, 1.54) is 18.1 Å². The van der Waals surface area contributed by atoms with Gasteiger partial charge in [0.05, 0.1) is 0 Å². The van der Waals surface area contributed by atoms with Gasteiger partial charge in [0.15, 0.2) is 5.16 Å². The number of aryl methyl sites for hydroxylation is 1. The highest BCUT2D eigenvalue weighted by molar-refractivity contribution is 7.99. The zero-order valence-corrected chi connectivity index (χ0v) is 10.6. The molecule has 2 aromatic rings. The van der Waals surface area contributed by atoms with Crippen LogP contribution >= 0.6 is 11.8 Å². The van der Waals surface area contributed by atoms with Crippen LogP contribution in [-0.4, -0.2) is 31.7 Å². The minimum atomic E-state index is 0.661. The van der Waals surface area contributed by atoms with Crippen molar-refractivity contribution in [1.29, 1.82) is 0 Å². The number of nitrogens with one attached hydrogen (secondary N) is 2. The van der Waals surface area contributed by atoms with Crippen molar-refractivity contribution in [2.45, 2.75) is 30.5 Å². The highest BCUT2D eigenvalue weighted by atomic mass is 32.2. The van der Waals surface area contributed by atoms with Crippen LogP contribution in [0.1, 0.15) is 19.0 Å². The second kappa shape index (κ2) is 5.62. The lowest BCUT2D eigenvalue weighted by Gasteiger charge is -2.05. The van der Waals surface area contributed by atoms with E-state index in [-0.39, 0.29) is 0 Å². The summed E-state index contributed by atoms with van der Waals surface area (Å²) < 4.78 is 0. The lowest BCUT2D eigenvalue weighted by molar-refractivity contribution is 0.919. The van der Waals surface area contributed by atoms with Crippen LogP contribution in [0.25, 0.3) is 0 Å². The summed E-state index contributed by atoms with van der Waals surface area (Å²) in [4.78, 5) is 12.8. The summed E-state index contributed by atoms with van der Waals surface area (Å²) in [6.45, 7) is 4.92. The van der Waals surface area contributed by atoms with Crippen LogP contribution < -0.4 is 5.32 Å². The highest BCUT2D eigenvalue weighted by Crippen LogP contribution is 2.23. The molecule has 6 nitrogen and oxygen atoms in total. The highest BCUT2D eigenvalue weighted by Gasteiger charge is 2.05. The number of aromatic nitrogens is 5. The van der Waals surface area contributed by atoms with Crippen LogP contribution in [0.2, 0.25) is 0 Å². The Balaban J connectivity index is 2.13. The maximum absolute atomic E-state index is 4.40. The first-order valence-electron chi connectivity index (χ1n) is 5.40. The molecule has 0 spiro atoms. The van der Waals surface area contributed by atoms with Crippen molar-refractivity contribution in [3.05, 3.63) is 18.1 Å². The lowest BCUT2D eigenvalue weighted by atomic mass is 10.4. The van der Waals surface area contributed by atoms with E-state index in [1.54, 1.807) is 0 Å². The van der Waals surface area contributed by atoms with Gasteiger partial charge in [-0.15, -0.1) is 0 Å². The van der Waals surface area contributed by atoms with Gasteiger partial charge in [0.1, 0.15) is 11.4 Å². The van der Waals surface area contributed by atoms with Crippen molar-refractivity contribution < 1.29 is 0 Å². The van der Waals surface area contributed by atoms with E-state index in [1.807, 2.05) is 13.0 Å². The van der Waals surface area contributed by atoms with Crippen LogP contribution in [0.15, 0.2) is 22.6 Å². The first kappa shape index (κ1) is 11.8. The van der Waals surface area contributed by atoms with Crippen LogP contribution in [0.5, 0.6) is 0 Å². The standard InChI is InChI=1S/C10H14N6S/c1-3-4-11-9-14-7(2)5-8(15-9)17-10-12-6-13-16-10/h5-6H,3-4H2,1-2H3,(H,11,14,15)(H,12,13,16). The fourth-order valence-electron chi connectivity index (χ4n) is 1.25. The zero-order valence-electron chi connectivity index (χ0n) is 9.77. The van der Waals surface area contributed by atoms with Gasteiger partial charge in [-0.3, -0.25) is 5.10 Å². The Kier molecular flexibility index (Phi) is 3.92. The molecule has 0 saturated carbocycles. The van der Waals surface area contributed by atoms with Crippen LogP contribution in [0.4, 0.5) is 5.95 Å². The number of anilines is 1. The summed E-state index contributed by atoms with van der Waals surface area (Å²) in [5, 5.41) is 11.3. The minimum Gasteiger partial charge on any atom is -0.354 e. The summed E-state index contributed by atoms with van der Waals surface area (Å²) in [5.74, 6) is 0.661. The van der Waals surface area contributed by atoms with Gasteiger partial charge in [-0.25, -0.2) is 15.0 Å². The first-order chi connectivity index (χ1) is 8.28. The second-order valence-electron chi connectivity index (χ2n) is 3.49. The maximum atomic E-state index is 4.40. The Hall–Kier alpha value is -1.63. The molecule has 0 aliphatic heterocycles. The molecule has 90 valence electrons. The number of hydrogen-bond acceptors (Lipinski definition) is 6. The third-order valence-electron chi connectivity index (χ3n) is 1.96. The molecule has 0 fully saturated rings. The molecule has 2 rings (SSSR count). The monoisotopic (exact) mass is 250 g/mol. The van der Waals surface area contributed by atoms with E-state index in [0.717, 1.165) is 28.8 Å². The number of H-pyrrole nitrogens is 1. The molecule has 0 bridgehead atoms. The quantitative estimate of drug-likeness (QED) is 0.789. The zero-order chi connectivity index (χ0) is 12.1. The Morgan fingerprint density at radius 1 is 1.41 bits per heavy atom. The van der Waals surface area contributed by atoms with Crippen LogP contribution in [0.3, 0.4) is 0 Å². The topological polar surface area (TPSA) is 79.4 Å². The SMILES string of the molecule is CCCNc1nc(C)cc(Sc2ncn[nH]2)n1. The Morgan fingerprint density at radius 2 is 2.29 bits per heavy atom. The lowest BCUT2D eigenvalue weighted by Crippen LogP contribution is -2.05. The van der Waals surface area contributed by atoms with Gasteiger partial charge in [-0.2, -0.15) is 5.10 Å². The number of nitrogens with zero attached hydrogens (tertiary/aromatic N) is 4. The third-order valence-corrected chi connectivity index (χ3v) is 2.77. The minimum absolute atomic E-state index is 0.661. The molecule has 0 atom stereocenters. The molecule has 7 heteroatoms. The van der Waals surface area contributed by atoms with Crippen molar-refractivity contribution in [2.75, 3.05) is 11.9 Å². The van der Waals surface area contributed by atoms with Crippen LogP contribution in [-0.2, 0) is 0 Å². The predicted molar refractivity (Wildman–Crippen MR) is 66.1 cm³/mol. The molecule has 0 aromatic carbocycles. The van der Waals surface area contributed by atoms with Crippen molar-refractivity contribution >= 4 is 17.7 Å². The number of aromatic amines is 1. The van der Waals surface area contributed by atoms with Gasteiger partial charge < -0.3 is 5.32 Å². The fourth-order valence-corrected chi connectivity index (χ4v) is 2.01. The smallest absolute Gasteiger partial charge is 0.223 e. The molecular weight excluding hydrogens is 236 g/mol. The molecule has 2 heterocycles. The molecule has 0 unspecified atom stereocenters. The average molecular weight is 250 g/mol. The van der Waals surface area contributed by atoms with Crippen molar-refractivity contribution in [3.8, 4) is 0 Å². The van der Waals surface area contributed by atoms with Crippen molar-refractivity contribution in [3.63, 3.8) is 0 Å². The molecule has 0 aliphatic rings. The summed E-state index contributed by atoms with van der Waals surface area (Å²) in [7, 11) is 0. The predicted octanol–water partition coefficient (Wildman–Crippen LogP) is 1.88. The van der Waals surface area contributed by atoms with E-state index < -0.39 is 0 Å². The molecule has 2 N–H and O–H groups in total. The second-order valence-corrected chi connectivity index (χ2v) is 4.50. The van der Waals surface area contributed by atoms with Gasteiger partial charge in [0, 0.05) is 12.2 Å². The summed E-state index contributed by atoms with van der Waals surface area (Å²) in [6, 6.07) is 1.92. The largest absolute Gasteiger partial charge is 0.354 e.